The first kappa shape index (κ1) is 20.2. The molecule has 0 unspecified atom stereocenters. The van der Waals surface area contributed by atoms with E-state index in [9.17, 15) is 9.18 Å². The Morgan fingerprint density at radius 2 is 1.89 bits per heavy atom. The lowest BCUT2D eigenvalue weighted by atomic mass is 10.0. The number of nitrogens with one attached hydrogen (secondary N) is 1. The van der Waals surface area contributed by atoms with E-state index in [1.807, 2.05) is 20.8 Å². The normalized spacial score (nSPS) is 14.6. The van der Waals surface area contributed by atoms with Crippen molar-refractivity contribution < 1.29 is 13.9 Å². The molecule has 0 radical (unpaired) electrons. The van der Waals surface area contributed by atoms with Gasteiger partial charge in [0.15, 0.2) is 0 Å². The summed E-state index contributed by atoms with van der Waals surface area (Å²) < 4.78 is 18.2. The van der Waals surface area contributed by atoms with Gasteiger partial charge in [-0.1, -0.05) is 23.4 Å². The van der Waals surface area contributed by atoms with Gasteiger partial charge >= 0.3 is 6.09 Å². The topological polar surface area (TPSA) is 51.2 Å². The van der Waals surface area contributed by atoms with Gasteiger partial charge in [-0.25, -0.2) is 9.18 Å². The van der Waals surface area contributed by atoms with Crippen LogP contribution in [0.1, 0.15) is 50.4 Å². The van der Waals surface area contributed by atoms with Crippen LogP contribution in [0, 0.1) is 17.7 Å². The van der Waals surface area contributed by atoms with Crippen molar-refractivity contribution in [3.63, 3.8) is 0 Å². The van der Waals surface area contributed by atoms with Gasteiger partial charge in [0, 0.05) is 29.3 Å². The number of amides is 1. The summed E-state index contributed by atoms with van der Waals surface area (Å²) in [6, 6.07) is 7.74. The predicted molar refractivity (Wildman–Crippen MR) is 107 cm³/mol. The quantitative estimate of drug-likeness (QED) is 0.751. The third-order valence-corrected chi connectivity index (χ3v) is 4.65. The number of carbonyl (C=O) groups excluding carboxylic acids is 1. The number of alkyl carbamates (subject to hydrolysis) is 1. The minimum absolute atomic E-state index is 0.253. The Morgan fingerprint density at radius 1 is 1.25 bits per heavy atom. The maximum Gasteiger partial charge on any atom is 0.407 e. The van der Waals surface area contributed by atoms with Gasteiger partial charge < -0.3 is 10.1 Å². The highest BCUT2D eigenvalue weighted by molar-refractivity contribution is 6.31. The van der Waals surface area contributed by atoms with Crippen molar-refractivity contribution in [2.45, 2.75) is 44.6 Å². The van der Waals surface area contributed by atoms with Crippen molar-refractivity contribution >= 4 is 17.7 Å². The lowest BCUT2D eigenvalue weighted by molar-refractivity contribution is 0.0522. The van der Waals surface area contributed by atoms with Gasteiger partial charge in [-0.15, -0.1) is 0 Å². The van der Waals surface area contributed by atoms with E-state index < -0.39 is 11.7 Å². The maximum atomic E-state index is 12.9. The third-order valence-electron chi connectivity index (χ3n) is 4.36. The molecule has 2 aromatic rings. The minimum atomic E-state index is -0.540. The zero-order valence-corrected chi connectivity index (χ0v) is 16.9. The summed E-state index contributed by atoms with van der Waals surface area (Å²) >= 11 is 6.45. The Labute approximate surface area is 169 Å². The van der Waals surface area contributed by atoms with Crippen LogP contribution in [0.4, 0.5) is 9.18 Å². The second kappa shape index (κ2) is 7.81. The number of nitrogens with zero attached hydrogens (tertiary/aromatic N) is 1. The van der Waals surface area contributed by atoms with E-state index in [-0.39, 0.29) is 11.2 Å². The molecule has 4 nitrogen and oxygen atoms in total. The standard InChI is InChI=1S/C22H22ClFN2O2/c1-21(2,3)28-20(27)26-14-22(10-11-22)19-18(23)12-16(13-25-19)5-4-15-6-8-17(24)9-7-15/h6-9,12-13H,10-11,14H2,1-3H3,(H,26,27). The fourth-order valence-corrected chi connectivity index (χ4v) is 3.14. The summed E-state index contributed by atoms with van der Waals surface area (Å²) in [6.45, 7) is 5.89. The molecule has 28 heavy (non-hydrogen) atoms. The van der Waals surface area contributed by atoms with Crippen molar-refractivity contribution in [2.24, 2.45) is 0 Å². The number of aromatic nitrogens is 1. The second-order valence-electron chi connectivity index (χ2n) is 7.95. The summed E-state index contributed by atoms with van der Waals surface area (Å²) in [4.78, 5) is 16.4. The first-order valence-corrected chi connectivity index (χ1v) is 9.45. The van der Waals surface area contributed by atoms with Crippen molar-refractivity contribution in [3.05, 3.63) is 64.2 Å². The van der Waals surface area contributed by atoms with Crippen LogP contribution in [0.5, 0.6) is 0 Å². The molecule has 1 amide bonds. The van der Waals surface area contributed by atoms with Gasteiger partial charge in [0.2, 0.25) is 0 Å². The molecule has 1 aromatic heterocycles. The van der Waals surface area contributed by atoms with Crippen molar-refractivity contribution in [1.29, 1.82) is 0 Å². The smallest absolute Gasteiger partial charge is 0.407 e. The van der Waals surface area contributed by atoms with Crippen LogP contribution in [0.15, 0.2) is 36.5 Å². The van der Waals surface area contributed by atoms with E-state index in [0.717, 1.165) is 18.5 Å². The van der Waals surface area contributed by atoms with Gasteiger partial charge in [0.05, 0.1) is 10.7 Å². The largest absolute Gasteiger partial charge is 0.444 e. The number of carbonyl (C=O) groups is 1. The second-order valence-corrected chi connectivity index (χ2v) is 8.35. The molecule has 0 spiro atoms. The Bertz CT molecular complexity index is 936. The van der Waals surface area contributed by atoms with E-state index in [2.05, 4.69) is 22.1 Å². The Morgan fingerprint density at radius 3 is 2.46 bits per heavy atom. The highest BCUT2D eigenvalue weighted by atomic mass is 35.5. The Kier molecular flexibility index (Phi) is 5.62. The Balaban J connectivity index is 1.69. The number of halogens is 2. The SMILES string of the molecule is CC(C)(C)OC(=O)NCC1(c2ncc(C#Cc3ccc(F)cc3)cc2Cl)CC1. The molecule has 1 aromatic carbocycles. The van der Waals surface area contributed by atoms with Crippen molar-refractivity contribution in [3.8, 4) is 11.8 Å². The zero-order chi connectivity index (χ0) is 20.4. The van der Waals surface area contributed by atoms with Crippen LogP contribution < -0.4 is 5.32 Å². The number of ether oxygens (including phenoxy) is 1. The van der Waals surface area contributed by atoms with Gasteiger partial charge in [-0.05, 0) is 63.9 Å². The molecule has 1 aliphatic rings. The molecule has 0 atom stereocenters. The van der Waals surface area contributed by atoms with Crippen molar-refractivity contribution in [1.82, 2.24) is 10.3 Å². The average molecular weight is 401 g/mol. The number of hydrogen-bond acceptors (Lipinski definition) is 3. The number of rotatable bonds is 3. The molecule has 0 bridgehead atoms. The average Bonchev–Trinajstić information content (AvgIpc) is 3.39. The molecule has 1 fully saturated rings. The fraction of sp³-hybridized carbons (Fsp3) is 0.364. The van der Waals surface area contributed by atoms with Crippen LogP contribution >= 0.6 is 11.6 Å². The Hall–Kier alpha value is -2.58. The van der Waals surface area contributed by atoms with E-state index in [1.54, 1.807) is 24.4 Å². The molecular formula is C22H22ClFN2O2. The fourth-order valence-electron chi connectivity index (χ4n) is 2.78. The number of hydrogen-bond donors (Lipinski definition) is 1. The monoisotopic (exact) mass is 400 g/mol. The van der Waals surface area contributed by atoms with Gasteiger partial charge in [0.25, 0.3) is 0 Å². The van der Waals surface area contributed by atoms with E-state index in [0.29, 0.717) is 22.7 Å². The van der Waals surface area contributed by atoms with Gasteiger partial charge in [0.1, 0.15) is 11.4 Å². The van der Waals surface area contributed by atoms with Gasteiger partial charge in [-0.3, -0.25) is 4.98 Å². The minimum Gasteiger partial charge on any atom is -0.444 e. The summed E-state index contributed by atoms with van der Waals surface area (Å²) in [5.41, 5.74) is 1.35. The number of benzene rings is 1. The first-order valence-electron chi connectivity index (χ1n) is 9.07. The van der Waals surface area contributed by atoms with Crippen LogP contribution in [0.25, 0.3) is 0 Å². The molecular weight excluding hydrogens is 379 g/mol. The van der Waals surface area contributed by atoms with Crippen LogP contribution in [-0.2, 0) is 10.2 Å². The molecule has 3 rings (SSSR count). The highest BCUT2D eigenvalue weighted by Gasteiger charge is 2.47. The number of pyridine rings is 1. The molecule has 1 aliphatic carbocycles. The molecule has 146 valence electrons. The van der Waals surface area contributed by atoms with E-state index in [1.165, 1.54) is 12.1 Å². The molecule has 1 heterocycles. The lowest BCUT2D eigenvalue weighted by Gasteiger charge is -2.22. The van der Waals surface area contributed by atoms with E-state index >= 15 is 0 Å². The highest BCUT2D eigenvalue weighted by Crippen LogP contribution is 2.49. The van der Waals surface area contributed by atoms with Crippen LogP contribution in [-0.4, -0.2) is 23.2 Å². The molecule has 1 saturated carbocycles. The van der Waals surface area contributed by atoms with Crippen LogP contribution in [0.3, 0.4) is 0 Å². The summed E-state index contributed by atoms with van der Waals surface area (Å²) in [7, 11) is 0. The summed E-state index contributed by atoms with van der Waals surface area (Å²) in [5.74, 6) is 5.65. The first-order chi connectivity index (χ1) is 13.2. The lowest BCUT2D eigenvalue weighted by Crippen LogP contribution is -2.37. The van der Waals surface area contributed by atoms with Crippen LogP contribution in [0.2, 0.25) is 5.02 Å². The maximum absolute atomic E-state index is 12.9. The van der Waals surface area contributed by atoms with Gasteiger partial charge in [-0.2, -0.15) is 0 Å². The molecule has 6 heteroatoms. The predicted octanol–water partition coefficient (Wildman–Crippen LogP) is 4.83. The molecule has 0 aliphatic heterocycles. The third kappa shape index (κ3) is 5.24. The van der Waals surface area contributed by atoms with Crippen molar-refractivity contribution in [2.75, 3.05) is 6.54 Å². The summed E-state index contributed by atoms with van der Waals surface area (Å²) in [6.07, 6.45) is 3.02. The van der Waals surface area contributed by atoms with E-state index in [4.69, 9.17) is 16.3 Å². The summed E-state index contributed by atoms with van der Waals surface area (Å²) in [5, 5.41) is 3.34. The molecule has 0 saturated heterocycles. The molecule has 1 N–H and O–H groups in total. The zero-order valence-electron chi connectivity index (χ0n) is 16.1.